The number of benzene rings is 9. The Morgan fingerprint density at radius 3 is 1.62 bits per heavy atom. The van der Waals surface area contributed by atoms with E-state index in [-0.39, 0.29) is 0 Å². The van der Waals surface area contributed by atoms with Crippen molar-refractivity contribution in [3.63, 3.8) is 0 Å². The molecule has 0 N–H and O–H groups in total. The van der Waals surface area contributed by atoms with Crippen molar-refractivity contribution >= 4 is 32.4 Å². The van der Waals surface area contributed by atoms with E-state index in [0.717, 1.165) is 33.5 Å². The molecule has 55 heavy (non-hydrogen) atoms. The molecule has 0 bridgehead atoms. The number of fused-ring (bicyclic) bond motifs is 15. The van der Waals surface area contributed by atoms with Crippen molar-refractivity contribution in [2.75, 3.05) is 0 Å². The first-order chi connectivity index (χ1) is 27.3. The molecule has 1 spiro atoms. The Kier molecular flexibility index (Phi) is 6.29. The summed E-state index contributed by atoms with van der Waals surface area (Å²) >= 11 is 0. The fraction of sp³-hybridized carbons (Fsp3) is 0.0189. The highest BCUT2D eigenvalue weighted by molar-refractivity contribution is 6.09. The Hall–Kier alpha value is -7.16. The second kappa shape index (κ2) is 11.4. The average molecular weight is 697 g/mol. The fourth-order valence-corrected chi connectivity index (χ4v) is 9.77. The summed E-state index contributed by atoms with van der Waals surface area (Å²) in [4.78, 5) is 10.5. The zero-order valence-corrected chi connectivity index (χ0v) is 29.9. The maximum atomic E-state index is 5.31. The van der Waals surface area contributed by atoms with Gasteiger partial charge in [0.1, 0.15) is 0 Å². The van der Waals surface area contributed by atoms with E-state index < -0.39 is 5.41 Å². The molecule has 0 unspecified atom stereocenters. The van der Waals surface area contributed by atoms with Gasteiger partial charge in [-0.2, -0.15) is 0 Å². The summed E-state index contributed by atoms with van der Waals surface area (Å²) in [5.74, 6) is 0.726. The standard InChI is InChI=1S/C53H32N2/c1-2-12-33(13-3-1)34-22-24-36(25-23-34)51-45-18-8-11-21-48(45)54-52(55-51)38-28-29-40-37(32-38)27-31-44-43-30-26-35-14-4-5-15-39(35)49(43)53(50(40)44)46-19-9-6-16-41(46)42-17-7-10-20-47(42)53/h1-32H. The van der Waals surface area contributed by atoms with Gasteiger partial charge in [-0.05, 0) is 89.3 Å². The topological polar surface area (TPSA) is 25.8 Å². The van der Waals surface area contributed by atoms with Gasteiger partial charge in [0, 0.05) is 16.5 Å². The minimum absolute atomic E-state index is 0.460. The Balaban J connectivity index is 1.08. The maximum absolute atomic E-state index is 5.31. The van der Waals surface area contributed by atoms with Crippen molar-refractivity contribution in [2.24, 2.45) is 0 Å². The highest BCUT2D eigenvalue weighted by Crippen LogP contribution is 2.65. The molecule has 0 saturated carbocycles. The summed E-state index contributed by atoms with van der Waals surface area (Å²) < 4.78 is 0. The van der Waals surface area contributed by atoms with Crippen LogP contribution in [0.15, 0.2) is 194 Å². The van der Waals surface area contributed by atoms with Crippen LogP contribution < -0.4 is 0 Å². The van der Waals surface area contributed by atoms with Gasteiger partial charge in [0.15, 0.2) is 5.82 Å². The Bertz CT molecular complexity index is 3150. The molecule has 0 amide bonds. The monoisotopic (exact) mass is 696 g/mol. The number of hydrogen-bond donors (Lipinski definition) is 0. The minimum atomic E-state index is -0.460. The number of rotatable bonds is 3. The maximum Gasteiger partial charge on any atom is 0.160 e. The van der Waals surface area contributed by atoms with Crippen molar-refractivity contribution in [3.8, 4) is 56.0 Å². The highest BCUT2D eigenvalue weighted by Gasteiger charge is 2.53. The summed E-state index contributed by atoms with van der Waals surface area (Å²) in [7, 11) is 0. The van der Waals surface area contributed by atoms with Gasteiger partial charge >= 0.3 is 0 Å². The zero-order chi connectivity index (χ0) is 36.1. The van der Waals surface area contributed by atoms with Crippen LogP contribution in [0.1, 0.15) is 22.3 Å². The van der Waals surface area contributed by atoms with Crippen molar-refractivity contribution in [3.05, 3.63) is 216 Å². The molecular formula is C53H32N2. The van der Waals surface area contributed by atoms with Crippen molar-refractivity contribution in [2.45, 2.75) is 5.41 Å². The predicted octanol–water partition coefficient (Wildman–Crippen LogP) is 13.3. The lowest BCUT2D eigenvalue weighted by molar-refractivity contribution is 0.809. The van der Waals surface area contributed by atoms with Crippen LogP contribution in [-0.4, -0.2) is 9.97 Å². The van der Waals surface area contributed by atoms with Gasteiger partial charge in [0.25, 0.3) is 0 Å². The molecule has 12 rings (SSSR count). The SMILES string of the molecule is c1ccc(-c2ccc(-c3nc(-c4ccc5c6c(ccc5c4)-c4ccc5ccccc5c4C64c5ccccc5-c5ccccc54)nc4ccccc34)cc2)cc1. The third kappa shape index (κ3) is 4.19. The third-order valence-corrected chi connectivity index (χ3v) is 12.1. The van der Waals surface area contributed by atoms with Crippen molar-refractivity contribution in [1.82, 2.24) is 9.97 Å². The number of para-hydroxylation sites is 1. The molecule has 0 saturated heterocycles. The summed E-state index contributed by atoms with van der Waals surface area (Å²) in [6.07, 6.45) is 0. The van der Waals surface area contributed by atoms with E-state index >= 15 is 0 Å². The van der Waals surface area contributed by atoms with Gasteiger partial charge < -0.3 is 0 Å². The molecule has 1 aromatic heterocycles. The number of aromatic nitrogens is 2. The van der Waals surface area contributed by atoms with Crippen LogP contribution in [0.5, 0.6) is 0 Å². The largest absolute Gasteiger partial charge is 0.228 e. The van der Waals surface area contributed by atoms with Gasteiger partial charge in [0.2, 0.25) is 0 Å². The lowest BCUT2D eigenvalue weighted by atomic mass is 9.68. The zero-order valence-electron chi connectivity index (χ0n) is 29.9. The molecule has 0 aliphatic heterocycles. The molecule has 0 atom stereocenters. The second-order valence-corrected chi connectivity index (χ2v) is 14.8. The fourth-order valence-electron chi connectivity index (χ4n) is 9.77. The quantitative estimate of drug-likeness (QED) is 0.184. The van der Waals surface area contributed by atoms with Gasteiger partial charge in [-0.1, -0.05) is 182 Å². The van der Waals surface area contributed by atoms with Gasteiger partial charge in [-0.15, -0.1) is 0 Å². The summed E-state index contributed by atoms with van der Waals surface area (Å²) in [6, 6.07) is 70.8. The van der Waals surface area contributed by atoms with Gasteiger partial charge in [-0.3, -0.25) is 0 Å². The third-order valence-electron chi connectivity index (χ3n) is 12.1. The van der Waals surface area contributed by atoms with Crippen LogP contribution in [0.25, 0.3) is 88.5 Å². The van der Waals surface area contributed by atoms with E-state index in [9.17, 15) is 0 Å². The van der Waals surface area contributed by atoms with Crippen LogP contribution in [0.4, 0.5) is 0 Å². The summed E-state index contributed by atoms with van der Waals surface area (Å²) in [5.41, 5.74) is 16.6. The molecule has 1 heterocycles. The van der Waals surface area contributed by atoms with E-state index in [4.69, 9.17) is 9.97 Å². The van der Waals surface area contributed by atoms with E-state index in [0.29, 0.717) is 0 Å². The first-order valence-electron chi connectivity index (χ1n) is 19.0. The van der Waals surface area contributed by atoms with E-state index in [1.807, 2.05) is 0 Å². The van der Waals surface area contributed by atoms with Gasteiger partial charge in [0.05, 0.1) is 16.6 Å². The summed E-state index contributed by atoms with van der Waals surface area (Å²) in [5, 5.41) is 6.05. The Labute approximate surface area is 319 Å². The van der Waals surface area contributed by atoms with E-state index in [1.54, 1.807) is 0 Å². The van der Waals surface area contributed by atoms with E-state index in [1.165, 1.54) is 77.2 Å². The van der Waals surface area contributed by atoms with Crippen molar-refractivity contribution in [1.29, 1.82) is 0 Å². The molecule has 0 radical (unpaired) electrons. The van der Waals surface area contributed by atoms with Crippen molar-refractivity contribution < 1.29 is 0 Å². The molecule has 9 aromatic carbocycles. The first-order valence-corrected chi connectivity index (χ1v) is 19.0. The summed E-state index contributed by atoms with van der Waals surface area (Å²) in [6.45, 7) is 0. The molecular weight excluding hydrogens is 665 g/mol. The van der Waals surface area contributed by atoms with E-state index in [2.05, 4.69) is 194 Å². The lowest BCUT2D eigenvalue weighted by Gasteiger charge is -2.32. The van der Waals surface area contributed by atoms with Crippen LogP contribution >= 0.6 is 0 Å². The van der Waals surface area contributed by atoms with Crippen LogP contribution in [0.2, 0.25) is 0 Å². The molecule has 2 aliphatic carbocycles. The lowest BCUT2D eigenvalue weighted by Crippen LogP contribution is -2.26. The van der Waals surface area contributed by atoms with Crippen LogP contribution in [0, 0.1) is 0 Å². The molecule has 254 valence electrons. The highest BCUT2D eigenvalue weighted by atomic mass is 14.9. The molecule has 2 nitrogen and oxygen atoms in total. The van der Waals surface area contributed by atoms with Crippen LogP contribution in [0.3, 0.4) is 0 Å². The average Bonchev–Trinajstić information content (AvgIpc) is 3.74. The Morgan fingerprint density at radius 1 is 0.327 bits per heavy atom. The number of hydrogen-bond acceptors (Lipinski definition) is 2. The van der Waals surface area contributed by atoms with Crippen LogP contribution in [-0.2, 0) is 5.41 Å². The first kappa shape index (κ1) is 30.3. The predicted molar refractivity (Wildman–Crippen MR) is 227 cm³/mol. The van der Waals surface area contributed by atoms with Gasteiger partial charge in [-0.25, -0.2) is 9.97 Å². The minimum Gasteiger partial charge on any atom is -0.228 e. The molecule has 2 aliphatic rings. The second-order valence-electron chi connectivity index (χ2n) is 14.8. The molecule has 0 fully saturated rings. The molecule has 2 heteroatoms. The normalized spacial score (nSPS) is 13.2. The molecule has 10 aromatic rings. The smallest absolute Gasteiger partial charge is 0.160 e. The number of nitrogens with zero attached hydrogens (tertiary/aromatic N) is 2. The Morgan fingerprint density at radius 2 is 0.873 bits per heavy atom.